The number of hydrogen-bond acceptors (Lipinski definition) is 3. The third-order valence-electron chi connectivity index (χ3n) is 3.59. The van der Waals surface area contributed by atoms with E-state index >= 15 is 0 Å². The lowest BCUT2D eigenvalue weighted by atomic mass is 10.1. The van der Waals surface area contributed by atoms with Crippen LogP contribution in [0.2, 0.25) is 0 Å². The van der Waals surface area contributed by atoms with Crippen LogP contribution >= 0.6 is 0 Å². The molecule has 4 heteroatoms. The summed E-state index contributed by atoms with van der Waals surface area (Å²) in [6.07, 6.45) is 8.83. The first-order chi connectivity index (χ1) is 11.2. The van der Waals surface area contributed by atoms with Gasteiger partial charge in [-0.25, -0.2) is 4.98 Å². The maximum atomic E-state index is 11.0. The van der Waals surface area contributed by atoms with Gasteiger partial charge in [-0.1, -0.05) is 56.5 Å². The number of aromatic nitrogens is 1. The van der Waals surface area contributed by atoms with Crippen LogP contribution in [0.5, 0.6) is 0 Å². The molecule has 0 radical (unpaired) electrons. The minimum absolute atomic E-state index is 0.0915. The lowest BCUT2D eigenvalue weighted by Crippen LogP contribution is -2.03. The van der Waals surface area contributed by atoms with Crippen LogP contribution in [0.3, 0.4) is 0 Å². The Morgan fingerprint density at radius 1 is 1.17 bits per heavy atom. The number of rotatable bonds is 9. The molecule has 0 unspecified atom stereocenters. The van der Waals surface area contributed by atoms with Gasteiger partial charge in [-0.2, -0.15) is 0 Å². The summed E-state index contributed by atoms with van der Waals surface area (Å²) in [6, 6.07) is 9.86. The van der Waals surface area contributed by atoms with Crippen LogP contribution in [-0.4, -0.2) is 16.1 Å². The van der Waals surface area contributed by atoms with Crippen molar-refractivity contribution in [2.24, 2.45) is 0 Å². The second-order valence-corrected chi connectivity index (χ2v) is 5.55. The van der Waals surface area contributed by atoms with Gasteiger partial charge in [-0.3, -0.25) is 4.79 Å². The van der Waals surface area contributed by atoms with E-state index in [0.29, 0.717) is 17.3 Å². The molecule has 0 amide bonds. The van der Waals surface area contributed by atoms with E-state index in [1.165, 1.54) is 12.8 Å². The summed E-state index contributed by atoms with van der Waals surface area (Å²) in [4.78, 5) is 15.3. The van der Waals surface area contributed by atoms with Crippen molar-refractivity contribution in [2.75, 3.05) is 0 Å². The van der Waals surface area contributed by atoms with Crippen LogP contribution in [-0.2, 0) is 17.6 Å². The Kier molecular flexibility index (Phi) is 6.60. The molecule has 0 spiro atoms. The van der Waals surface area contributed by atoms with Crippen LogP contribution < -0.4 is 0 Å². The SMILES string of the molecule is CCCCCCc1oc(C=Cc2ccccc2)nc1CC(=O)O. The van der Waals surface area contributed by atoms with Crippen molar-refractivity contribution in [1.29, 1.82) is 0 Å². The van der Waals surface area contributed by atoms with E-state index in [9.17, 15) is 4.79 Å². The predicted octanol–water partition coefficient (Wildman–Crippen LogP) is 4.59. The van der Waals surface area contributed by atoms with Gasteiger partial charge >= 0.3 is 5.97 Å². The van der Waals surface area contributed by atoms with Crippen LogP contribution in [0.25, 0.3) is 12.2 Å². The van der Waals surface area contributed by atoms with Gasteiger partial charge in [-0.15, -0.1) is 0 Å². The molecule has 122 valence electrons. The number of unbranched alkanes of at least 4 members (excludes halogenated alkanes) is 3. The Morgan fingerprint density at radius 2 is 1.96 bits per heavy atom. The summed E-state index contributed by atoms with van der Waals surface area (Å²) in [5.41, 5.74) is 1.59. The predicted molar refractivity (Wildman–Crippen MR) is 91.1 cm³/mol. The first-order valence-electron chi connectivity index (χ1n) is 8.12. The second-order valence-electron chi connectivity index (χ2n) is 5.55. The Balaban J connectivity index is 2.09. The van der Waals surface area contributed by atoms with E-state index < -0.39 is 5.97 Å². The lowest BCUT2D eigenvalue weighted by molar-refractivity contribution is -0.136. The molecule has 4 nitrogen and oxygen atoms in total. The number of oxazole rings is 1. The fourth-order valence-corrected chi connectivity index (χ4v) is 2.40. The summed E-state index contributed by atoms with van der Waals surface area (Å²) < 4.78 is 5.76. The molecule has 0 saturated carbocycles. The van der Waals surface area contributed by atoms with Gasteiger partial charge < -0.3 is 9.52 Å². The average Bonchev–Trinajstić information content (AvgIpc) is 2.92. The molecule has 1 aromatic carbocycles. The smallest absolute Gasteiger partial charge is 0.309 e. The molecule has 0 bridgehead atoms. The van der Waals surface area contributed by atoms with Crippen molar-refractivity contribution in [3.63, 3.8) is 0 Å². The molecule has 0 aliphatic heterocycles. The molecular weight excluding hydrogens is 290 g/mol. The molecular formula is C19H23NO3. The number of nitrogens with zero attached hydrogens (tertiary/aromatic N) is 1. The molecule has 0 aliphatic carbocycles. The topological polar surface area (TPSA) is 63.3 Å². The number of carboxylic acid groups (broad SMARTS) is 1. The first kappa shape index (κ1) is 17.0. The van der Waals surface area contributed by atoms with Crippen molar-refractivity contribution in [3.05, 3.63) is 53.2 Å². The van der Waals surface area contributed by atoms with Crippen molar-refractivity contribution in [3.8, 4) is 0 Å². The van der Waals surface area contributed by atoms with Crippen molar-refractivity contribution in [2.45, 2.75) is 45.4 Å². The highest BCUT2D eigenvalue weighted by atomic mass is 16.4. The number of benzene rings is 1. The zero-order valence-corrected chi connectivity index (χ0v) is 13.5. The summed E-state index contributed by atoms with van der Waals surface area (Å²) >= 11 is 0. The lowest BCUT2D eigenvalue weighted by Gasteiger charge is -1.99. The standard InChI is InChI=1S/C19H23NO3/c1-2-3-4-8-11-17-16(14-19(21)22)20-18(23-17)13-12-15-9-6-5-7-10-15/h5-7,9-10,12-13H,2-4,8,11,14H2,1H3,(H,21,22). The molecule has 0 saturated heterocycles. The Labute approximate surface area is 136 Å². The van der Waals surface area contributed by atoms with E-state index in [1.54, 1.807) is 6.08 Å². The fraction of sp³-hybridized carbons (Fsp3) is 0.368. The summed E-state index contributed by atoms with van der Waals surface area (Å²) in [5.74, 6) is 0.290. The van der Waals surface area contributed by atoms with Crippen LogP contribution in [0.4, 0.5) is 0 Å². The molecule has 1 N–H and O–H groups in total. The highest BCUT2D eigenvalue weighted by Gasteiger charge is 2.14. The third kappa shape index (κ3) is 5.74. The third-order valence-corrected chi connectivity index (χ3v) is 3.59. The summed E-state index contributed by atoms with van der Waals surface area (Å²) in [6.45, 7) is 2.16. The van der Waals surface area contributed by atoms with E-state index in [4.69, 9.17) is 9.52 Å². The Bertz CT molecular complexity index is 644. The van der Waals surface area contributed by atoms with Gasteiger partial charge in [0.2, 0.25) is 5.89 Å². The zero-order valence-electron chi connectivity index (χ0n) is 13.5. The van der Waals surface area contributed by atoms with Crippen LogP contribution in [0.15, 0.2) is 34.7 Å². The number of aliphatic carboxylic acids is 1. The average molecular weight is 313 g/mol. The fourth-order valence-electron chi connectivity index (χ4n) is 2.40. The number of carboxylic acids is 1. The van der Waals surface area contributed by atoms with E-state index in [1.807, 2.05) is 36.4 Å². The zero-order chi connectivity index (χ0) is 16.5. The number of aryl methyl sites for hydroxylation is 1. The maximum absolute atomic E-state index is 11.0. The van der Waals surface area contributed by atoms with E-state index in [2.05, 4.69) is 11.9 Å². The minimum Gasteiger partial charge on any atom is -0.481 e. The molecule has 23 heavy (non-hydrogen) atoms. The quantitative estimate of drug-likeness (QED) is 0.687. The molecule has 2 aromatic rings. The van der Waals surface area contributed by atoms with Gasteiger partial charge in [0, 0.05) is 12.5 Å². The largest absolute Gasteiger partial charge is 0.481 e. The minimum atomic E-state index is -0.883. The monoisotopic (exact) mass is 313 g/mol. The molecule has 1 heterocycles. The van der Waals surface area contributed by atoms with Gasteiger partial charge in [0.05, 0.1) is 12.1 Å². The summed E-state index contributed by atoms with van der Waals surface area (Å²) in [7, 11) is 0. The maximum Gasteiger partial charge on any atom is 0.309 e. The van der Waals surface area contributed by atoms with Crippen LogP contribution in [0.1, 0.15) is 55.5 Å². The van der Waals surface area contributed by atoms with E-state index in [0.717, 1.165) is 24.8 Å². The van der Waals surface area contributed by atoms with Crippen molar-refractivity contribution < 1.29 is 14.3 Å². The first-order valence-corrected chi connectivity index (χ1v) is 8.12. The molecule has 0 fully saturated rings. The molecule has 2 rings (SSSR count). The van der Waals surface area contributed by atoms with Gasteiger partial charge in [0.15, 0.2) is 0 Å². The Morgan fingerprint density at radius 3 is 2.65 bits per heavy atom. The highest BCUT2D eigenvalue weighted by molar-refractivity contribution is 5.70. The van der Waals surface area contributed by atoms with Gasteiger partial charge in [0.1, 0.15) is 5.76 Å². The summed E-state index contributed by atoms with van der Waals surface area (Å²) in [5, 5.41) is 9.02. The van der Waals surface area contributed by atoms with Crippen molar-refractivity contribution >= 4 is 18.1 Å². The van der Waals surface area contributed by atoms with Gasteiger partial charge in [0.25, 0.3) is 0 Å². The highest BCUT2D eigenvalue weighted by Crippen LogP contribution is 2.18. The number of carbonyl (C=O) groups is 1. The molecule has 1 aromatic heterocycles. The molecule has 0 atom stereocenters. The van der Waals surface area contributed by atoms with Gasteiger partial charge in [-0.05, 0) is 18.1 Å². The Hall–Kier alpha value is -2.36. The normalized spacial score (nSPS) is 11.2. The van der Waals surface area contributed by atoms with Crippen LogP contribution in [0, 0.1) is 0 Å². The van der Waals surface area contributed by atoms with Crippen molar-refractivity contribution in [1.82, 2.24) is 4.98 Å². The van der Waals surface area contributed by atoms with E-state index in [-0.39, 0.29) is 6.42 Å². The number of hydrogen-bond donors (Lipinski definition) is 1. The second kappa shape index (κ2) is 8.93. The molecule has 0 aliphatic rings.